The summed E-state index contributed by atoms with van der Waals surface area (Å²) in [5.41, 5.74) is 1.14. The van der Waals surface area contributed by atoms with Crippen molar-refractivity contribution in [3.8, 4) is 11.3 Å². The van der Waals surface area contributed by atoms with E-state index in [4.69, 9.17) is 9.15 Å². The van der Waals surface area contributed by atoms with Gasteiger partial charge in [-0.2, -0.15) is 5.10 Å². The van der Waals surface area contributed by atoms with E-state index in [9.17, 15) is 9.18 Å². The summed E-state index contributed by atoms with van der Waals surface area (Å²) in [6.45, 7) is 1.39. The number of amides is 1. The number of carbonyl (C=O) groups is 1. The molecule has 5 rings (SSSR count). The lowest BCUT2D eigenvalue weighted by atomic mass is 9.97. The predicted octanol–water partition coefficient (Wildman–Crippen LogP) is 3.24. The fourth-order valence-electron chi connectivity index (χ4n) is 3.71. The van der Waals surface area contributed by atoms with Gasteiger partial charge in [-0.15, -0.1) is 0 Å². The smallest absolute Gasteiger partial charge is 0.287 e. The summed E-state index contributed by atoms with van der Waals surface area (Å²) in [6, 6.07) is 7.17. The number of furan rings is 1. The molecule has 0 unspecified atom stereocenters. The lowest BCUT2D eigenvalue weighted by molar-refractivity contribution is -0.0194. The Morgan fingerprint density at radius 2 is 2.10 bits per heavy atom. The molecule has 4 aromatic rings. The van der Waals surface area contributed by atoms with Crippen molar-refractivity contribution in [1.82, 2.24) is 24.5 Å². The third-order valence-corrected chi connectivity index (χ3v) is 5.50. The van der Waals surface area contributed by atoms with Crippen LogP contribution in [-0.2, 0) is 17.8 Å². The van der Waals surface area contributed by atoms with Gasteiger partial charge < -0.3 is 18.9 Å². The third kappa shape index (κ3) is 4.22. The van der Waals surface area contributed by atoms with Gasteiger partial charge in [0.05, 0.1) is 18.3 Å². The van der Waals surface area contributed by atoms with Gasteiger partial charge >= 0.3 is 0 Å². The van der Waals surface area contributed by atoms with Crippen LogP contribution in [0.4, 0.5) is 4.39 Å². The molecular weight excluding hydrogens is 401 g/mol. The van der Waals surface area contributed by atoms with Gasteiger partial charge in [0, 0.05) is 57.4 Å². The van der Waals surface area contributed by atoms with Gasteiger partial charge in [-0.1, -0.05) is 0 Å². The molecule has 0 spiro atoms. The van der Waals surface area contributed by atoms with E-state index in [0.29, 0.717) is 43.9 Å². The van der Waals surface area contributed by atoms with Crippen LogP contribution in [0.2, 0.25) is 0 Å². The second kappa shape index (κ2) is 7.99. The minimum absolute atomic E-state index is 0.172. The first kappa shape index (κ1) is 19.5. The average molecular weight is 423 g/mol. The molecule has 160 valence electrons. The highest BCUT2D eigenvalue weighted by molar-refractivity contribution is 5.92. The monoisotopic (exact) mass is 423 g/mol. The van der Waals surface area contributed by atoms with Gasteiger partial charge in [-0.3, -0.25) is 9.48 Å². The van der Waals surface area contributed by atoms with Crippen LogP contribution in [0, 0.1) is 0 Å². The van der Waals surface area contributed by atoms with Crippen molar-refractivity contribution in [3.05, 3.63) is 66.6 Å². The Labute approximate surface area is 177 Å². The quantitative estimate of drug-likeness (QED) is 0.515. The van der Waals surface area contributed by atoms with E-state index in [1.807, 2.05) is 28.9 Å². The van der Waals surface area contributed by atoms with Crippen LogP contribution in [-0.4, -0.2) is 44.0 Å². The number of alkyl halides is 1. The molecule has 31 heavy (non-hydrogen) atoms. The topological polar surface area (TPSA) is 86.6 Å². The van der Waals surface area contributed by atoms with Gasteiger partial charge in [0.1, 0.15) is 17.1 Å². The predicted molar refractivity (Wildman–Crippen MR) is 110 cm³/mol. The summed E-state index contributed by atoms with van der Waals surface area (Å²) in [7, 11) is 0. The van der Waals surface area contributed by atoms with Crippen molar-refractivity contribution >= 4 is 11.6 Å². The fraction of sp³-hybridized carbons (Fsp3) is 0.318. The summed E-state index contributed by atoms with van der Waals surface area (Å²) < 4.78 is 29.3. The van der Waals surface area contributed by atoms with E-state index in [1.165, 1.54) is 0 Å². The van der Waals surface area contributed by atoms with Crippen molar-refractivity contribution in [2.45, 2.75) is 31.6 Å². The Hall–Kier alpha value is -3.46. The number of nitrogens with zero attached hydrogens (tertiary/aromatic N) is 4. The molecule has 1 aliphatic heterocycles. The Balaban J connectivity index is 1.22. The van der Waals surface area contributed by atoms with Crippen LogP contribution in [0.3, 0.4) is 0 Å². The van der Waals surface area contributed by atoms with Gasteiger partial charge in [-0.25, -0.2) is 9.37 Å². The van der Waals surface area contributed by atoms with E-state index in [2.05, 4.69) is 15.4 Å². The summed E-state index contributed by atoms with van der Waals surface area (Å²) in [5.74, 6) is 0.401. The first-order chi connectivity index (χ1) is 15.1. The maximum Gasteiger partial charge on any atom is 0.287 e. The lowest BCUT2D eigenvalue weighted by Gasteiger charge is -2.29. The first-order valence-corrected chi connectivity index (χ1v) is 10.2. The molecule has 1 amide bonds. The number of pyridine rings is 1. The van der Waals surface area contributed by atoms with Crippen molar-refractivity contribution in [3.63, 3.8) is 0 Å². The summed E-state index contributed by atoms with van der Waals surface area (Å²) in [4.78, 5) is 16.7. The van der Waals surface area contributed by atoms with E-state index < -0.39 is 5.67 Å². The molecule has 1 N–H and O–H groups in total. The molecule has 1 fully saturated rings. The maximum absolute atomic E-state index is 14.9. The summed E-state index contributed by atoms with van der Waals surface area (Å²) in [5, 5.41) is 7.10. The van der Waals surface area contributed by atoms with Crippen LogP contribution in [0.1, 0.15) is 29.0 Å². The average Bonchev–Trinajstić information content (AvgIpc) is 3.52. The van der Waals surface area contributed by atoms with Crippen LogP contribution in [0.5, 0.6) is 0 Å². The number of hydrogen-bond donors (Lipinski definition) is 1. The van der Waals surface area contributed by atoms with Gasteiger partial charge in [-0.05, 0) is 29.8 Å². The second-order valence-electron chi connectivity index (χ2n) is 7.76. The maximum atomic E-state index is 14.9. The first-order valence-electron chi connectivity index (χ1n) is 10.2. The molecule has 0 bridgehead atoms. The number of halogens is 1. The molecule has 9 heteroatoms. The zero-order valence-corrected chi connectivity index (χ0v) is 16.8. The van der Waals surface area contributed by atoms with Crippen LogP contribution < -0.4 is 5.32 Å². The molecule has 1 saturated heterocycles. The summed E-state index contributed by atoms with van der Waals surface area (Å²) >= 11 is 0. The molecule has 0 atom stereocenters. The number of ether oxygens (including phenoxy) is 1. The third-order valence-electron chi connectivity index (χ3n) is 5.50. The van der Waals surface area contributed by atoms with E-state index in [-0.39, 0.29) is 18.2 Å². The lowest BCUT2D eigenvalue weighted by Crippen LogP contribution is -2.36. The molecular formula is C22H22FN5O3. The number of aromatic nitrogens is 4. The molecule has 0 aliphatic carbocycles. The largest absolute Gasteiger partial charge is 0.451 e. The number of fused-ring (bicyclic) bond motifs is 1. The van der Waals surface area contributed by atoms with Gasteiger partial charge in [0.2, 0.25) is 0 Å². The Kier molecular flexibility index (Phi) is 5.03. The molecule has 0 aromatic carbocycles. The minimum Gasteiger partial charge on any atom is -0.451 e. The van der Waals surface area contributed by atoms with Crippen molar-refractivity contribution in [2.75, 3.05) is 13.2 Å². The number of carbonyl (C=O) groups excluding carboxylic acids is 1. The summed E-state index contributed by atoms with van der Waals surface area (Å²) in [6.07, 6.45) is 9.55. The fourth-order valence-corrected chi connectivity index (χ4v) is 3.71. The highest BCUT2D eigenvalue weighted by Gasteiger charge is 2.33. The molecule has 1 aliphatic rings. The second-order valence-corrected chi connectivity index (χ2v) is 7.76. The van der Waals surface area contributed by atoms with Crippen LogP contribution in [0.15, 0.2) is 59.7 Å². The normalized spacial score (nSPS) is 15.9. The van der Waals surface area contributed by atoms with E-state index in [1.54, 1.807) is 35.4 Å². The minimum atomic E-state index is -1.31. The molecule has 5 heterocycles. The molecule has 8 nitrogen and oxygen atoms in total. The van der Waals surface area contributed by atoms with E-state index >= 15 is 0 Å². The molecule has 0 radical (unpaired) electrons. The number of hydrogen-bond acceptors (Lipinski definition) is 5. The molecule has 0 saturated carbocycles. The zero-order chi connectivity index (χ0) is 21.3. The molecule has 4 aromatic heterocycles. The SMILES string of the molecule is O=C(NCc1ccn2ccnc2c1)c1ccc(-c2cnn(CC3(F)CCOCC3)c2)o1. The van der Waals surface area contributed by atoms with Crippen LogP contribution in [0.25, 0.3) is 17.0 Å². The Morgan fingerprint density at radius 3 is 2.97 bits per heavy atom. The number of rotatable bonds is 6. The van der Waals surface area contributed by atoms with Gasteiger partial charge in [0.15, 0.2) is 5.76 Å². The van der Waals surface area contributed by atoms with Crippen molar-refractivity contribution < 1.29 is 18.3 Å². The number of imidazole rings is 1. The zero-order valence-electron chi connectivity index (χ0n) is 16.8. The standard InChI is InChI=1S/C22H22FN5O3/c23-22(4-9-30-10-5-22)15-28-14-17(13-26-28)18-1-2-19(31-18)21(29)25-12-16-3-7-27-8-6-24-20(27)11-16/h1-3,6-8,11,13-14H,4-5,9-10,12,15H2,(H,25,29). The van der Waals surface area contributed by atoms with Crippen LogP contribution >= 0.6 is 0 Å². The van der Waals surface area contributed by atoms with E-state index in [0.717, 1.165) is 11.2 Å². The van der Waals surface area contributed by atoms with Crippen molar-refractivity contribution in [2.24, 2.45) is 0 Å². The Morgan fingerprint density at radius 1 is 1.23 bits per heavy atom. The highest BCUT2D eigenvalue weighted by Crippen LogP contribution is 2.28. The number of nitrogens with one attached hydrogen (secondary N) is 1. The highest BCUT2D eigenvalue weighted by atomic mass is 19.1. The Bertz CT molecular complexity index is 1200. The van der Waals surface area contributed by atoms with Crippen molar-refractivity contribution in [1.29, 1.82) is 0 Å². The van der Waals surface area contributed by atoms with Gasteiger partial charge in [0.25, 0.3) is 5.91 Å².